The molecule has 1 aliphatic heterocycles. The zero-order chi connectivity index (χ0) is 11.7. The van der Waals surface area contributed by atoms with E-state index in [0.29, 0.717) is 11.3 Å². The molecule has 1 saturated heterocycles. The van der Waals surface area contributed by atoms with Gasteiger partial charge in [0, 0.05) is 19.5 Å². The fraction of sp³-hybridized carbons (Fsp3) is 0.846. The molecular weight excluding hydrogens is 214 g/mol. The van der Waals surface area contributed by atoms with Crippen LogP contribution in [0.1, 0.15) is 56.7 Å². The first-order valence-electron chi connectivity index (χ1n) is 6.87. The van der Waals surface area contributed by atoms with Crippen molar-refractivity contribution < 1.29 is 4.52 Å². The van der Waals surface area contributed by atoms with Gasteiger partial charge in [0.15, 0.2) is 5.82 Å². The molecule has 0 bridgehead atoms. The molecule has 1 spiro atoms. The number of aromatic nitrogens is 2. The molecule has 0 unspecified atom stereocenters. The minimum atomic E-state index is 0.399. The van der Waals surface area contributed by atoms with Gasteiger partial charge in [0.2, 0.25) is 5.89 Å². The summed E-state index contributed by atoms with van der Waals surface area (Å²) in [5, 5.41) is 7.57. The highest BCUT2D eigenvalue weighted by molar-refractivity contribution is 5.10. The predicted octanol–water partition coefficient (Wildman–Crippen LogP) is 2.27. The molecule has 2 aliphatic rings. The summed E-state index contributed by atoms with van der Waals surface area (Å²) in [7, 11) is 0. The van der Waals surface area contributed by atoms with E-state index in [4.69, 9.17) is 4.52 Å². The van der Waals surface area contributed by atoms with Crippen LogP contribution < -0.4 is 5.32 Å². The van der Waals surface area contributed by atoms with Crippen LogP contribution in [0.4, 0.5) is 0 Å². The van der Waals surface area contributed by atoms with Crippen molar-refractivity contribution in [3.8, 4) is 0 Å². The lowest BCUT2D eigenvalue weighted by Crippen LogP contribution is -2.31. The van der Waals surface area contributed by atoms with Crippen molar-refractivity contribution >= 4 is 0 Å². The molecule has 1 aromatic heterocycles. The van der Waals surface area contributed by atoms with Gasteiger partial charge in [-0.2, -0.15) is 4.98 Å². The summed E-state index contributed by atoms with van der Waals surface area (Å²) in [4.78, 5) is 4.54. The van der Waals surface area contributed by atoms with E-state index in [0.717, 1.165) is 31.2 Å². The van der Waals surface area contributed by atoms with Gasteiger partial charge in [0.05, 0.1) is 5.92 Å². The van der Waals surface area contributed by atoms with Gasteiger partial charge in [-0.3, -0.25) is 0 Å². The van der Waals surface area contributed by atoms with E-state index in [9.17, 15) is 0 Å². The highest BCUT2D eigenvalue weighted by atomic mass is 16.5. The molecule has 2 fully saturated rings. The van der Waals surface area contributed by atoms with Crippen molar-refractivity contribution in [1.82, 2.24) is 15.5 Å². The van der Waals surface area contributed by atoms with Crippen molar-refractivity contribution in [1.29, 1.82) is 0 Å². The second kappa shape index (κ2) is 4.41. The zero-order valence-corrected chi connectivity index (χ0v) is 10.5. The standard InChI is InChI=1S/C13H21N3O/c1-2-11-15-12(17-16-11)10-8-14-9-13(10)6-4-3-5-7-13/h10,14H,2-9H2,1H3/t10-/m0/s1. The molecule has 1 atom stereocenters. The van der Waals surface area contributed by atoms with Crippen molar-refractivity contribution in [3.05, 3.63) is 11.7 Å². The summed E-state index contributed by atoms with van der Waals surface area (Å²) >= 11 is 0. The fourth-order valence-electron chi connectivity index (χ4n) is 3.49. The van der Waals surface area contributed by atoms with Crippen molar-refractivity contribution in [2.75, 3.05) is 13.1 Å². The Kier molecular flexibility index (Phi) is 2.90. The largest absolute Gasteiger partial charge is 0.339 e. The van der Waals surface area contributed by atoms with E-state index in [1.807, 2.05) is 0 Å². The number of nitrogens with zero attached hydrogens (tertiary/aromatic N) is 2. The minimum Gasteiger partial charge on any atom is -0.339 e. The maximum absolute atomic E-state index is 5.47. The van der Waals surface area contributed by atoms with Crippen molar-refractivity contribution in [2.24, 2.45) is 5.41 Å². The lowest BCUT2D eigenvalue weighted by Gasteiger charge is -2.36. The summed E-state index contributed by atoms with van der Waals surface area (Å²) in [5.41, 5.74) is 0.399. The molecule has 2 heterocycles. The van der Waals surface area contributed by atoms with Crippen LogP contribution in [0.3, 0.4) is 0 Å². The third kappa shape index (κ3) is 1.88. The first-order chi connectivity index (χ1) is 8.34. The number of hydrogen-bond donors (Lipinski definition) is 1. The molecule has 1 aromatic rings. The van der Waals surface area contributed by atoms with Crippen molar-refractivity contribution in [2.45, 2.75) is 51.4 Å². The third-order valence-corrected chi connectivity index (χ3v) is 4.51. The highest BCUT2D eigenvalue weighted by Gasteiger charge is 2.46. The molecule has 17 heavy (non-hydrogen) atoms. The lowest BCUT2D eigenvalue weighted by molar-refractivity contribution is 0.165. The second-order valence-corrected chi connectivity index (χ2v) is 5.51. The topological polar surface area (TPSA) is 51.0 Å². The Morgan fingerprint density at radius 1 is 1.35 bits per heavy atom. The highest BCUT2D eigenvalue weighted by Crippen LogP contribution is 2.48. The average Bonchev–Trinajstić information content (AvgIpc) is 2.97. The summed E-state index contributed by atoms with van der Waals surface area (Å²) < 4.78 is 5.47. The van der Waals surface area contributed by atoms with E-state index in [1.54, 1.807) is 0 Å². The molecule has 4 heteroatoms. The van der Waals surface area contributed by atoms with Gasteiger partial charge in [0.25, 0.3) is 0 Å². The molecule has 1 aliphatic carbocycles. The Morgan fingerprint density at radius 2 is 2.18 bits per heavy atom. The van der Waals surface area contributed by atoms with Gasteiger partial charge in [0.1, 0.15) is 0 Å². The smallest absolute Gasteiger partial charge is 0.231 e. The van der Waals surface area contributed by atoms with Gasteiger partial charge < -0.3 is 9.84 Å². The summed E-state index contributed by atoms with van der Waals surface area (Å²) in [6.45, 7) is 4.20. The maximum atomic E-state index is 5.47. The van der Waals surface area contributed by atoms with Gasteiger partial charge in [-0.15, -0.1) is 0 Å². The van der Waals surface area contributed by atoms with Gasteiger partial charge in [-0.1, -0.05) is 31.3 Å². The third-order valence-electron chi connectivity index (χ3n) is 4.51. The first kappa shape index (κ1) is 11.2. The van der Waals surface area contributed by atoms with Gasteiger partial charge >= 0.3 is 0 Å². The summed E-state index contributed by atoms with van der Waals surface area (Å²) in [5.74, 6) is 2.15. The maximum Gasteiger partial charge on any atom is 0.231 e. The first-order valence-corrected chi connectivity index (χ1v) is 6.87. The Balaban J connectivity index is 1.85. The average molecular weight is 235 g/mol. The molecule has 0 aromatic carbocycles. The molecule has 4 nitrogen and oxygen atoms in total. The lowest BCUT2D eigenvalue weighted by atomic mass is 9.67. The van der Waals surface area contributed by atoms with E-state index in [-0.39, 0.29) is 0 Å². The van der Waals surface area contributed by atoms with Crippen LogP contribution in [0, 0.1) is 5.41 Å². The SMILES string of the molecule is CCc1noc([C@@H]2CNCC23CCCCC3)n1. The molecular formula is C13H21N3O. The molecule has 1 N–H and O–H groups in total. The Labute approximate surface area is 102 Å². The number of hydrogen-bond acceptors (Lipinski definition) is 4. The van der Waals surface area contributed by atoms with E-state index in [2.05, 4.69) is 22.4 Å². The van der Waals surface area contributed by atoms with Crippen LogP contribution >= 0.6 is 0 Å². The summed E-state index contributed by atoms with van der Waals surface area (Å²) in [6, 6.07) is 0. The number of aryl methyl sites for hydroxylation is 1. The van der Waals surface area contributed by atoms with Crippen LogP contribution in [0.15, 0.2) is 4.52 Å². The molecule has 0 amide bonds. The summed E-state index contributed by atoms with van der Waals surface area (Å²) in [6.07, 6.45) is 7.58. The van der Waals surface area contributed by atoms with E-state index in [1.165, 1.54) is 32.1 Å². The van der Waals surface area contributed by atoms with Crippen LogP contribution in [0.2, 0.25) is 0 Å². The van der Waals surface area contributed by atoms with Crippen molar-refractivity contribution in [3.63, 3.8) is 0 Å². The van der Waals surface area contributed by atoms with E-state index < -0.39 is 0 Å². The van der Waals surface area contributed by atoms with E-state index >= 15 is 0 Å². The predicted molar refractivity (Wildman–Crippen MR) is 64.8 cm³/mol. The second-order valence-electron chi connectivity index (χ2n) is 5.51. The van der Waals surface area contributed by atoms with Crippen LogP contribution in [-0.2, 0) is 6.42 Å². The molecule has 94 valence electrons. The zero-order valence-electron chi connectivity index (χ0n) is 10.5. The normalized spacial score (nSPS) is 27.7. The van der Waals surface area contributed by atoms with Gasteiger partial charge in [-0.05, 0) is 18.3 Å². The number of rotatable bonds is 2. The van der Waals surface area contributed by atoms with Crippen LogP contribution in [-0.4, -0.2) is 23.2 Å². The Hall–Kier alpha value is -0.900. The molecule has 1 saturated carbocycles. The Bertz CT molecular complexity index is 382. The van der Waals surface area contributed by atoms with Crippen LogP contribution in [0.5, 0.6) is 0 Å². The van der Waals surface area contributed by atoms with Crippen LogP contribution in [0.25, 0.3) is 0 Å². The minimum absolute atomic E-state index is 0.399. The van der Waals surface area contributed by atoms with Gasteiger partial charge in [-0.25, -0.2) is 0 Å². The Morgan fingerprint density at radius 3 is 2.88 bits per heavy atom. The molecule has 0 radical (unpaired) electrons. The quantitative estimate of drug-likeness (QED) is 0.854. The monoisotopic (exact) mass is 235 g/mol. The number of nitrogens with one attached hydrogen (secondary N) is 1. The molecule has 3 rings (SSSR count). The fourth-order valence-corrected chi connectivity index (χ4v) is 3.49.